The zero-order chi connectivity index (χ0) is 16.2. The molecule has 0 aromatic heterocycles. The Bertz CT molecular complexity index is 535. The van der Waals surface area contributed by atoms with E-state index in [1.807, 2.05) is 20.8 Å². The molecular formula is C15H22N2O4. The zero-order valence-electron chi connectivity index (χ0n) is 12.8. The molecule has 0 bridgehead atoms. The fourth-order valence-corrected chi connectivity index (χ4v) is 2.32. The van der Waals surface area contributed by atoms with E-state index in [-0.39, 0.29) is 23.6 Å². The summed E-state index contributed by atoms with van der Waals surface area (Å²) in [6.07, 6.45) is 0.626. The second-order valence-electron chi connectivity index (χ2n) is 6.41. The number of carbonyl (C=O) groups is 1. The average Bonchev–Trinajstić information content (AvgIpc) is 2.28. The molecule has 2 N–H and O–H groups in total. The Labute approximate surface area is 124 Å². The van der Waals surface area contributed by atoms with Gasteiger partial charge in [0.2, 0.25) is 0 Å². The third kappa shape index (κ3) is 5.41. The van der Waals surface area contributed by atoms with Crippen LogP contribution in [0, 0.1) is 22.5 Å². The minimum Gasteiger partial charge on any atom is -0.481 e. The number of rotatable bonds is 6. The highest BCUT2D eigenvalue weighted by molar-refractivity contribution is 5.69. The van der Waals surface area contributed by atoms with Crippen molar-refractivity contribution in [3.8, 4) is 0 Å². The molecule has 0 aliphatic carbocycles. The summed E-state index contributed by atoms with van der Waals surface area (Å²) in [6.45, 7) is 7.76. The van der Waals surface area contributed by atoms with Gasteiger partial charge in [0.25, 0.3) is 5.69 Å². The first-order valence-electron chi connectivity index (χ1n) is 6.82. The average molecular weight is 294 g/mol. The van der Waals surface area contributed by atoms with Crippen molar-refractivity contribution < 1.29 is 14.8 Å². The van der Waals surface area contributed by atoms with Gasteiger partial charge in [-0.2, -0.15) is 0 Å². The van der Waals surface area contributed by atoms with E-state index < -0.39 is 10.9 Å². The monoisotopic (exact) mass is 294 g/mol. The van der Waals surface area contributed by atoms with E-state index in [9.17, 15) is 14.9 Å². The second kappa shape index (κ2) is 6.56. The van der Waals surface area contributed by atoms with Gasteiger partial charge in [0.1, 0.15) is 0 Å². The highest BCUT2D eigenvalue weighted by Crippen LogP contribution is 2.29. The number of hydrogen-bond acceptors (Lipinski definition) is 4. The van der Waals surface area contributed by atoms with Gasteiger partial charge in [-0.3, -0.25) is 14.9 Å². The van der Waals surface area contributed by atoms with Crippen LogP contribution in [0.5, 0.6) is 0 Å². The summed E-state index contributed by atoms with van der Waals surface area (Å²) in [5.74, 6) is -0.889. The van der Waals surface area contributed by atoms with Crippen molar-refractivity contribution in [2.45, 2.75) is 46.6 Å². The molecule has 6 heteroatoms. The smallest absolute Gasteiger partial charge is 0.305 e. The lowest BCUT2D eigenvalue weighted by Gasteiger charge is -2.27. The molecule has 1 rings (SSSR count). The van der Waals surface area contributed by atoms with Crippen LogP contribution in [-0.4, -0.2) is 22.0 Å². The van der Waals surface area contributed by atoms with Crippen molar-refractivity contribution in [3.05, 3.63) is 33.9 Å². The molecular weight excluding hydrogens is 272 g/mol. The summed E-state index contributed by atoms with van der Waals surface area (Å²) in [4.78, 5) is 21.5. The first kappa shape index (κ1) is 16.9. The SMILES string of the molecule is Cc1c(NC(CC(=O)O)CC(C)(C)C)cccc1[N+](=O)[O-]. The number of carboxylic acids is 1. The summed E-state index contributed by atoms with van der Waals surface area (Å²) in [5, 5.41) is 23.1. The molecule has 0 radical (unpaired) electrons. The molecule has 0 amide bonds. The third-order valence-corrected chi connectivity index (χ3v) is 3.14. The zero-order valence-corrected chi connectivity index (χ0v) is 12.8. The van der Waals surface area contributed by atoms with Crippen molar-refractivity contribution in [2.24, 2.45) is 5.41 Å². The Balaban J connectivity index is 3.00. The van der Waals surface area contributed by atoms with E-state index in [0.29, 0.717) is 17.7 Å². The van der Waals surface area contributed by atoms with E-state index in [0.717, 1.165) is 0 Å². The minimum absolute atomic E-state index is 0.0284. The van der Waals surface area contributed by atoms with Crippen molar-refractivity contribution in [1.29, 1.82) is 0 Å². The molecule has 0 heterocycles. The van der Waals surface area contributed by atoms with E-state index in [2.05, 4.69) is 5.32 Å². The lowest BCUT2D eigenvalue weighted by atomic mass is 9.87. The lowest BCUT2D eigenvalue weighted by molar-refractivity contribution is -0.385. The summed E-state index contributed by atoms with van der Waals surface area (Å²) >= 11 is 0. The largest absolute Gasteiger partial charge is 0.481 e. The highest BCUT2D eigenvalue weighted by atomic mass is 16.6. The molecule has 116 valence electrons. The molecule has 0 saturated heterocycles. The molecule has 1 aromatic rings. The topological polar surface area (TPSA) is 92.5 Å². The molecule has 0 saturated carbocycles. The molecule has 0 aliphatic rings. The number of aliphatic carboxylic acids is 1. The van der Waals surface area contributed by atoms with Crippen LogP contribution in [-0.2, 0) is 4.79 Å². The van der Waals surface area contributed by atoms with E-state index in [1.54, 1.807) is 19.1 Å². The van der Waals surface area contributed by atoms with Gasteiger partial charge in [-0.25, -0.2) is 0 Å². The standard InChI is InChI=1S/C15H22N2O4/c1-10-12(6-5-7-13(10)17(20)21)16-11(8-14(18)19)9-15(2,3)4/h5-7,11,16H,8-9H2,1-4H3,(H,18,19). The van der Waals surface area contributed by atoms with Gasteiger partial charge in [0.05, 0.1) is 11.3 Å². The van der Waals surface area contributed by atoms with Gasteiger partial charge in [-0.1, -0.05) is 26.8 Å². The van der Waals surface area contributed by atoms with E-state index >= 15 is 0 Å². The Morgan fingerprint density at radius 1 is 1.43 bits per heavy atom. The number of hydrogen-bond donors (Lipinski definition) is 2. The van der Waals surface area contributed by atoms with Crippen LogP contribution in [0.4, 0.5) is 11.4 Å². The maximum absolute atomic E-state index is 11.0. The van der Waals surface area contributed by atoms with Gasteiger partial charge in [-0.15, -0.1) is 0 Å². The fourth-order valence-electron chi connectivity index (χ4n) is 2.32. The number of nitrogens with zero attached hydrogens (tertiary/aromatic N) is 1. The number of nitrogens with one attached hydrogen (secondary N) is 1. The molecule has 6 nitrogen and oxygen atoms in total. The van der Waals surface area contributed by atoms with Crippen molar-refractivity contribution in [1.82, 2.24) is 0 Å². The fraction of sp³-hybridized carbons (Fsp3) is 0.533. The molecule has 1 unspecified atom stereocenters. The number of nitro groups is 1. The molecule has 21 heavy (non-hydrogen) atoms. The summed E-state index contributed by atoms with van der Waals surface area (Å²) < 4.78 is 0. The van der Waals surface area contributed by atoms with Crippen LogP contribution in [0.3, 0.4) is 0 Å². The van der Waals surface area contributed by atoms with Gasteiger partial charge in [-0.05, 0) is 24.8 Å². The number of nitro benzene ring substituents is 1. The molecule has 1 aromatic carbocycles. The maximum atomic E-state index is 11.0. The van der Waals surface area contributed by atoms with Crippen LogP contribution >= 0.6 is 0 Å². The summed E-state index contributed by atoms with van der Waals surface area (Å²) in [5.41, 5.74) is 1.12. The predicted molar refractivity (Wildman–Crippen MR) is 81.6 cm³/mol. The van der Waals surface area contributed by atoms with Crippen LogP contribution < -0.4 is 5.32 Å². The third-order valence-electron chi connectivity index (χ3n) is 3.14. The van der Waals surface area contributed by atoms with Gasteiger partial charge < -0.3 is 10.4 Å². The minimum atomic E-state index is -0.889. The van der Waals surface area contributed by atoms with Crippen molar-refractivity contribution >= 4 is 17.3 Å². The van der Waals surface area contributed by atoms with E-state index in [4.69, 9.17) is 5.11 Å². The molecule has 1 atom stereocenters. The molecule has 0 spiro atoms. The number of benzene rings is 1. The van der Waals surface area contributed by atoms with E-state index in [1.165, 1.54) is 6.07 Å². The first-order chi connectivity index (χ1) is 9.60. The van der Waals surface area contributed by atoms with Crippen LogP contribution in [0.1, 0.15) is 39.2 Å². The molecule has 0 fully saturated rings. The van der Waals surface area contributed by atoms with Crippen molar-refractivity contribution in [3.63, 3.8) is 0 Å². The number of anilines is 1. The molecule has 0 aliphatic heterocycles. The Hall–Kier alpha value is -2.11. The quantitative estimate of drug-likeness (QED) is 0.617. The van der Waals surface area contributed by atoms with Crippen LogP contribution in [0.15, 0.2) is 18.2 Å². The van der Waals surface area contributed by atoms with Gasteiger partial charge in [0.15, 0.2) is 0 Å². The van der Waals surface area contributed by atoms with Crippen molar-refractivity contribution in [2.75, 3.05) is 5.32 Å². The Kier molecular flexibility index (Phi) is 5.29. The maximum Gasteiger partial charge on any atom is 0.305 e. The highest BCUT2D eigenvalue weighted by Gasteiger charge is 2.23. The normalized spacial score (nSPS) is 12.8. The first-order valence-corrected chi connectivity index (χ1v) is 6.82. The van der Waals surface area contributed by atoms with Crippen LogP contribution in [0.2, 0.25) is 0 Å². The van der Waals surface area contributed by atoms with Gasteiger partial charge >= 0.3 is 5.97 Å². The van der Waals surface area contributed by atoms with Crippen LogP contribution in [0.25, 0.3) is 0 Å². The predicted octanol–water partition coefficient (Wildman–Crippen LogP) is 3.59. The number of carboxylic acid groups (broad SMARTS) is 1. The Morgan fingerprint density at radius 3 is 2.52 bits per heavy atom. The lowest BCUT2D eigenvalue weighted by Crippen LogP contribution is -2.28. The Morgan fingerprint density at radius 2 is 2.05 bits per heavy atom. The van der Waals surface area contributed by atoms with Gasteiger partial charge in [0, 0.05) is 23.4 Å². The summed E-state index contributed by atoms with van der Waals surface area (Å²) in [7, 11) is 0. The summed E-state index contributed by atoms with van der Waals surface area (Å²) in [6, 6.07) is 4.50. The second-order valence-corrected chi connectivity index (χ2v) is 6.41.